The summed E-state index contributed by atoms with van der Waals surface area (Å²) in [7, 11) is 0. The van der Waals surface area contributed by atoms with Gasteiger partial charge in [0.05, 0.1) is 0 Å². The van der Waals surface area contributed by atoms with Gasteiger partial charge in [0.15, 0.2) is 17.5 Å². The first kappa shape index (κ1) is 28.6. The van der Waals surface area contributed by atoms with Gasteiger partial charge in [0.2, 0.25) is 0 Å². The highest BCUT2D eigenvalue weighted by molar-refractivity contribution is 7.26. The van der Waals surface area contributed by atoms with E-state index in [0.29, 0.717) is 17.5 Å². The number of furan rings is 1. The van der Waals surface area contributed by atoms with E-state index in [1.807, 2.05) is 65.9 Å². The smallest absolute Gasteiger partial charge is 0.164 e. The summed E-state index contributed by atoms with van der Waals surface area (Å²) in [5, 5.41) is 4.64. The molecule has 0 N–H and O–H groups in total. The first-order valence-electron chi connectivity index (χ1n) is 16.6. The number of fused-ring (bicyclic) bond motifs is 6. The molecule has 0 saturated heterocycles. The van der Waals surface area contributed by atoms with Gasteiger partial charge in [0.25, 0.3) is 0 Å². The standard InChI is InChI=1S/C45H27N3OS/c1-3-11-28(12-4-1)30-15-9-16-31(25-30)34-18-10-19-38-37-24-22-33(27-41(37)50-42(34)38)45-47-43(29-13-5-2-6-14-29)46-44(48-45)32-21-23-36-35-17-7-8-20-39(35)49-40(36)26-32/h1-27H. The van der Waals surface area contributed by atoms with Crippen molar-refractivity contribution in [1.82, 2.24) is 15.0 Å². The molecule has 0 aliphatic rings. The molecule has 0 amide bonds. The SMILES string of the molecule is c1ccc(-c2cccc(-c3cccc4c3sc3cc(-c5nc(-c6ccccc6)nc(-c6ccc7c(c6)oc6ccccc67)n5)ccc34)c2)cc1. The minimum Gasteiger partial charge on any atom is -0.456 e. The molecule has 4 nitrogen and oxygen atoms in total. The van der Waals surface area contributed by atoms with Gasteiger partial charge in [-0.1, -0.05) is 133 Å². The van der Waals surface area contributed by atoms with Crippen LogP contribution in [0.1, 0.15) is 0 Å². The summed E-state index contributed by atoms with van der Waals surface area (Å²) in [6.07, 6.45) is 0. The lowest BCUT2D eigenvalue weighted by atomic mass is 9.98. The molecule has 5 heteroatoms. The molecule has 7 aromatic carbocycles. The van der Waals surface area contributed by atoms with Crippen molar-refractivity contribution in [3.8, 4) is 56.4 Å². The zero-order valence-electron chi connectivity index (χ0n) is 26.7. The van der Waals surface area contributed by atoms with Crippen molar-refractivity contribution in [2.24, 2.45) is 0 Å². The predicted molar refractivity (Wildman–Crippen MR) is 207 cm³/mol. The van der Waals surface area contributed by atoms with Crippen molar-refractivity contribution in [1.29, 1.82) is 0 Å². The van der Waals surface area contributed by atoms with E-state index in [9.17, 15) is 0 Å². The lowest BCUT2D eigenvalue weighted by Gasteiger charge is -2.08. The Morgan fingerprint density at radius 3 is 1.74 bits per heavy atom. The van der Waals surface area contributed by atoms with E-state index in [4.69, 9.17) is 19.4 Å². The van der Waals surface area contributed by atoms with Crippen LogP contribution in [0.25, 0.3) is 98.5 Å². The number of nitrogens with zero attached hydrogens (tertiary/aromatic N) is 3. The molecule has 50 heavy (non-hydrogen) atoms. The number of benzene rings is 7. The average Bonchev–Trinajstić information content (AvgIpc) is 3.76. The fourth-order valence-electron chi connectivity index (χ4n) is 6.88. The Kier molecular flexibility index (Phi) is 6.64. The molecule has 0 atom stereocenters. The minimum absolute atomic E-state index is 0.605. The van der Waals surface area contributed by atoms with E-state index in [0.717, 1.165) is 38.6 Å². The summed E-state index contributed by atoms with van der Waals surface area (Å²) in [6, 6.07) is 57.0. The van der Waals surface area contributed by atoms with E-state index < -0.39 is 0 Å². The number of hydrogen-bond acceptors (Lipinski definition) is 5. The van der Waals surface area contributed by atoms with Gasteiger partial charge < -0.3 is 4.42 Å². The van der Waals surface area contributed by atoms with Gasteiger partial charge in [-0.3, -0.25) is 0 Å². The maximum Gasteiger partial charge on any atom is 0.164 e. The number of thiophene rings is 1. The lowest BCUT2D eigenvalue weighted by Crippen LogP contribution is -2.00. The molecule has 0 aliphatic heterocycles. The van der Waals surface area contributed by atoms with Crippen LogP contribution in [-0.2, 0) is 0 Å². The van der Waals surface area contributed by atoms with Crippen molar-refractivity contribution >= 4 is 53.4 Å². The molecule has 10 aromatic rings. The van der Waals surface area contributed by atoms with Crippen LogP contribution in [0.3, 0.4) is 0 Å². The summed E-state index contributed by atoms with van der Waals surface area (Å²) < 4.78 is 8.68. The summed E-state index contributed by atoms with van der Waals surface area (Å²) >= 11 is 1.81. The van der Waals surface area contributed by atoms with Crippen molar-refractivity contribution in [2.75, 3.05) is 0 Å². The first-order chi connectivity index (χ1) is 24.7. The fraction of sp³-hybridized carbons (Fsp3) is 0. The van der Waals surface area contributed by atoms with E-state index in [-0.39, 0.29) is 0 Å². The van der Waals surface area contributed by atoms with Crippen LogP contribution < -0.4 is 0 Å². The van der Waals surface area contributed by atoms with Crippen molar-refractivity contribution in [3.05, 3.63) is 164 Å². The van der Waals surface area contributed by atoms with Gasteiger partial charge in [-0.15, -0.1) is 11.3 Å². The Morgan fingerprint density at radius 1 is 0.360 bits per heavy atom. The predicted octanol–water partition coefficient (Wildman–Crippen LogP) is 12.5. The van der Waals surface area contributed by atoms with Crippen LogP contribution in [0.2, 0.25) is 0 Å². The Hall–Kier alpha value is -6.43. The minimum atomic E-state index is 0.605. The maximum absolute atomic E-state index is 6.22. The van der Waals surface area contributed by atoms with E-state index >= 15 is 0 Å². The van der Waals surface area contributed by atoms with E-state index in [1.165, 1.54) is 42.4 Å². The van der Waals surface area contributed by atoms with Crippen molar-refractivity contribution in [3.63, 3.8) is 0 Å². The zero-order valence-corrected chi connectivity index (χ0v) is 27.6. The number of hydrogen-bond donors (Lipinski definition) is 0. The van der Waals surface area contributed by atoms with Crippen LogP contribution in [0.4, 0.5) is 0 Å². The highest BCUT2D eigenvalue weighted by Gasteiger charge is 2.17. The molecule has 0 radical (unpaired) electrons. The summed E-state index contributed by atoms with van der Waals surface area (Å²) in [5.74, 6) is 1.87. The monoisotopic (exact) mass is 657 g/mol. The topological polar surface area (TPSA) is 51.8 Å². The number of para-hydroxylation sites is 1. The molecule has 234 valence electrons. The number of aromatic nitrogens is 3. The van der Waals surface area contributed by atoms with Gasteiger partial charge in [-0.25, -0.2) is 15.0 Å². The molecule has 0 saturated carbocycles. The highest BCUT2D eigenvalue weighted by Crippen LogP contribution is 2.42. The largest absolute Gasteiger partial charge is 0.456 e. The molecular weight excluding hydrogens is 631 g/mol. The van der Waals surface area contributed by atoms with Gasteiger partial charge in [0, 0.05) is 47.6 Å². The molecular formula is C45H27N3OS. The lowest BCUT2D eigenvalue weighted by molar-refractivity contribution is 0.669. The van der Waals surface area contributed by atoms with Gasteiger partial charge in [-0.2, -0.15) is 0 Å². The zero-order chi connectivity index (χ0) is 33.0. The third-order valence-electron chi connectivity index (χ3n) is 9.34. The van der Waals surface area contributed by atoms with Crippen LogP contribution in [-0.4, -0.2) is 15.0 Å². The van der Waals surface area contributed by atoms with Crippen molar-refractivity contribution < 1.29 is 4.42 Å². The molecule has 0 spiro atoms. The second-order valence-corrected chi connectivity index (χ2v) is 13.5. The molecule has 0 aliphatic carbocycles. The quantitative estimate of drug-likeness (QED) is 0.185. The molecule has 3 aromatic heterocycles. The third-order valence-corrected chi connectivity index (χ3v) is 10.5. The summed E-state index contributed by atoms with van der Waals surface area (Å²) in [5.41, 5.74) is 9.30. The summed E-state index contributed by atoms with van der Waals surface area (Å²) in [4.78, 5) is 15.1. The summed E-state index contributed by atoms with van der Waals surface area (Å²) in [6.45, 7) is 0. The Balaban J connectivity index is 1.10. The molecule has 0 bridgehead atoms. The van der Waals surface area contributed by atoms with Crippen LogP contribution >= 0.6 is 11.3 Å². The van der Waals surface area contributed by atoms with E-state index in [2.05, 4.69) is 109 Å². The first-order valence-corrected chi connectivity index (χ1v) is 17.4. The molecule has 0 unspecified atom stereocenters. The Bertz CT molecular complexity index is 2870. The van der Waals surface area contributed by atoms with Crippen LogP contribution in [0, 0.1) is 0 Å². The van der Waals surface area contributed by atoms with E-state index in [1.54, 1.807) is 0 Å². The van der Waals surface area contributed by atoms with Gasteiger partial charge in [-0.05, 0) is 52.6 Å². The van der Waals surface area contributed by atoms with Crippen LogP contribution in [0.5, 0.6) is 0 Å². The number of rotatable bonds is 5. The molecule has 10 rings (SSSR count). The third kappa shape index (κ3) is 4.87. The fourth-order valence-corrected chi connectivity index (χ4v) is 8.15. The second kappa shape index (κ2) is 11.6. The van der Waals surface area contributed by atoms with Crippen LogP contribution in [0.15, 0.2) is 168 Å². The Labute approximate surface area is 292 Å². The maximum atomic E-state index is 6.22. The Morgan fingerprint density at radius 2 is 0.940 bits per heavy atom. The highest BCUT2D eigenvalue weighted by atomic mass is 32.1. The molecule has 0 fully saturated rings. The molecule has 3 heterocycles. The average molecular weight is 658 g/mol. The van der Waals surface area contributed by atoms with Crippen molar-refractivity contribution in [2.45, 2.75) is 0 Å². The normalized spacial score (nSPS) is 11.6. The van der Waals surface area contributed by atoms with Gasteiger partial charge in [0.1, 0.15) is 11.2 Å². The van der Waals surface area contributed by atoms with Gasteiger partial charge >= 0.3 is 0 Å². The second-order valence-electron chi connectivity index (χ2n) is 12.4.